The number of benzene rings is 1. The Labute approximate surface area is 238 Å². The quantitative estimate of drug-likeness (QED) is 0.428. The number of anilines is 1. The number of aryl methyl sites for hydroxylation is 1. The molecule has 3 fully saturated rings. The highest BCUT2D eigenvalue weighted by Gasteiger charge is 2.51. The van der Waals surface area contributed by atoms with E-state index < -0.39 is 64.5 Å². The zero-order chi connectivity index (χ0) is 29.6. The van der Waals surface area contributed by atoms with Gasteiger partial charge in [-0.05, 0) is 37.0 Å². The van der Waals surface area contributed by atoms with Crippen molar-refractivity contribution in [1.29, 1.82) is 5.26 Å². The first-order valence-corrected chi connectivity index (χ1v) is 16.1. The van der Waals surface area contributed by atoms with Gasteiger partial charge in [0.2, 0.25) is 11.8 Å². The van der Waals surface area contributed by atoms with Crippen LogP contribution in [-0.2, 0) is 21.1 Å². The van der Waals surface area contributed by atoms with Crippen molar-refractivity contribution in [2.75, 3.05) is 29.5 Å². The number of sulfone groups is 1. The van der Waals surface area contributed by atoms with Crippen LogP contribution in [0.1, 0.15) is 55.1 Å². The number of alkyl halides is 5. The minimum Gasteiger partial charge on any atom is -0.369 e. The van der Waals surface area contributed by atoms with Gasteiger partial charge in [-0.3, -0.25) is 4.79 Å². The normalized spacial score (nSPS) is 24.8. The molecule has 1 aliphatic heterocycles. The SMILES string of the molecule is N#CC1(NC(=O)[C@@H]2CC(F)(F)CC[C@H]2c2nc(CCC(F)(F)F)sc2-c2ccc(N3CCS(=O)(=O)CC3)cc2)CC1. The number of hydrogen-bond acceptors (Lipinski definition) is 7. The van der Waals surface area contributed by atoms with Crippen LogP contribution in [-0.4, -0.2) is 61.5 Å². The van der Waals surface area contributed by atoms with E-state index in [0.29, 0.717) is 42.1 Å². The Morgan fingerprint density at radius 3 is 2.39 bits per heavy atom. The Hall–Kier alpha value is -2.79. The number of nitrogens with zero attached hydrogens (tertiary/aromatic N) is 3. The van der Waals surface area contributed by atoms with Crippen molar-refractivity contribution >= 4 is 32.8 Å². The molecule has 2 aliphatic carbocycles. The largest absolute Gasteiger partial charge is 0.389 e. The van der Waals surface area contributed by atoms with Crippen molar-refractivity contribution in [3.63, 3.8) is 0 Å². The number of carbonyl (C=O) groups is 1. The molecule has 3 aliphatic rings. The van der Waals surface area contributed by atoms with Crippen LogP contribution in [0.2, 0.25) is 0 Å². The number of amides is 1. The molecule has 222 valence electrons. The molecule has 0 unspecified atom stereocenters. The molecule has 2 aromatic rings. The molecule has 7 nitrogen and oxygen atoms in total. The van der Waals surface area contributed by atoms with Gasteiger partial charge in [0.25, 0.3) is 0 Å². The number of halogens is 5. The minimum absolute atomic E-state index is 0.0408. The summed E-state index contributed by atoms with van der Waals surface area (Å²) in [7, 11) is -3.07. The highest BCUT2D eigenvalue weighted by Crippen LogP contribution is 2.49. The summed E-state index contributed by atoms with van der Waals surface area (Å²) in [5.74, 6) is -5.64. The molecule has 41 heavy (non-hydrogen) atoms. The van der Waals surface area contributed by atoms with Gasteiger partial charge in [0.05, 0.1) is 39.1 Å². The van der Waals surface area contributed by atoms with Crippen LogP contribution in [0, 0.1) is 17.2 Å². The van der Waals surface area contributed by atoms with E-state index in [2.05, 4.69) is 10.3 Å². The maximum absolute atomic E-state index is 14.6. The van der Waals surface area contributed by atoms with Gasteiger partial charge in [-0.15, -0.1) is 11.3 Å². The molecule has 1 saturated heterocycles. The first-order valence-electron chi connectivity index (χ1n) is 13.4. The third-order valence-corrected chi connectivity index (χ3v) is 10.8. The van der Waals surface area contributed by atoms with Gasteiger partial charge in [-0.2, -0.15) is 18.4 Å². The van der Waals surface area contributed by atoms with Crippen molar-refractivity contribution in [3.8, 4) is 16.5 Å². The summed E-state index contributed by atoms with van der Waals surface area (Å²) in [6.45, 7) is 0.679. The maximum atomic E-state index is 14.6. The van der Waals surface area contributed by atoms with Crippen molar-refractivity contribution in [3.05, 3.63) is 35.0 Å². The summed E-state index contributed by atoms with van der Waals surface area (Å²) < 4.78 is 91.7. The first-order chi connectivity index (χ1) is 19.2. The molecule has 1 aromatic carbocycles. The molecule has 14 heteroatoms. The molecular weight excluding hydrogens is 587 g/mol. The van der Waals surface area contributed by atoms with Gasteiger partial charge < -0.3 is 10.2 Å². The standard InChI is InChI=1S/C27H29F5N4O3S2/c28-26(29)7-5-19(20(15-26)24(37)35-25(16-33)9-10-25)22-23(40-21(34-22)6-8-27(30,31)32)17-1-3-18(4-2-17)36-11-13-41(38,39)14-12-36/h1-4,19-20H,5-15H2,(H,35,37)/t19-,20-/m1/s1. The Morgan fingerprint density at radius 1 is 1.15 bits per heavy atom. The van der Waals surface area contributed by atoms with Crippen LogP contribution in [0.4, 0.5) is 27.6 Å². The topological polar surface area (TPSA) is 103 Å². The van der Waals surface area contributed by atoms with E-state index in [-0.39, 0.29) is 29.4 Å². The Kier molecular flexibility index (Phi) is 7.82. The molecule has 1 N–H and O–H groups in total. The van der Waals surface area contributed by atoms with Crippen LogP contribution in [0.15, 0.2) is 24.3 Å². The fraction of sp³-hybridized carbons (Fsp3) is 0.593. The van der Waals surface area contributed by atoms with Gasteiger partial charge in [0.1, 0.15) is 5.54 Å². The monoisotopic (exact) mass is 616 g/mol. The van der Waals surface area contributed by atoms with Gasteiger partial charge in [-0.1, -0.05) is 12.1 Å². The number of thiazole rings is 1. The van der Waals surface area contributed by atoms with Gasteiger partial charge in [-0.25, -0.2) is 22.2 Å². The summed E-state index contributed by atoms with van der Waals surface area (Å²) in [5.41, 5.74) is 0.673. The van der Waals surface area contributed by atoms with Gasteiger partial charge in [0.15, 0.2) is 9.84 Å². The summed E-state index contributed by atoms with van der Waals surface area (Å²) in [6.07, 6.45) is -6.32. The molecule has 5 rings (SSSR count). The molecule has 2 heterocycles. The third-order valence-electron chi connectivity index (χ3n) is 8.00. The third kappa shape index (κ3) is 6.99. The number of nitrogens with one attached hydrogen (secondary N) is 1. The molecule has 2 saturated carbocycles. The maximum Gasteiger partial charge on any atom is 0.389 e. The summed E-state index contributed by atoms with van der Waals surface area (Å²) in [4.78, 5) is 20.2. The predicted octanol–water partition coefficient (Wildman–Crippen LogP) is 5.23. The van der Waals surface area contributed by atoms with E-state index in [1.807, 2.05) is 11.0 Å². The average molecular weight is 617 g/mol. The van der Waals surface area contributed by atoms with E-state index >= 15 is 0 Å². The number of carbonyl (C=O) groups excluding carboxylic acids is 1. The fourth-order valence-corrected chi connectivity index (χ4v) is 7.78. The summed E-state index contributed by atoms with van der Waals surface area (Å²) >= 11 is 1.06. The van der Waals surface area contributed by atoms with Crippen LogP contribution in [0.5, 0.6) is 0 Å². The highest BCUT2D eigenvalue weighted by atomic mass is 32.2. The predicted molar refractivity (Wildman–Crippen MR) is 144 cm³/mol. The second kappa shape index (κ2) is 10.8. The van der Waals surface area contributed by atoms with E-state index in [1.165, 1.54) is 0 Å². The first kappa shape index (κ1) is 29.7. The molecule has 0 spiro atoms. The van der Waals surface area contributed by atoms with Gasteiger partial charge in [0, 0.05) is 50.4 Å². The van der Waals surface area contributed by atoms with Crippen molar-refractivity contribution in [1.82, 2.24) is 10.3 Å². The lowest BCUT2D eigenvalue weighted by Gasteiger charge is -2.35. The molecule has 0 radical (unpaired) electrons. The lowest BCUT2D eigenvalue weighted by atomic mass is 9.74. The minimum atomic E-state index is -4.40. The second-order valence-electron chi connectivity index (χ2n) is 11.1. The Balaban J connectivity index is 1.47. The average Bonchev–Trinajstić information content (AvgIpc) is 3.55. The molecular formula is C27H29F5N4O3S2. The van der Waals surface area contributed by atoms with Crippen LogP contribution in [0.3, 0.4) is 0 Å². The van der Waals surface area contributed by atoms with Crippen molar-refractivity contribution in [2.24, 2.45) is 5.92 Å². The Morgan fingerprint density at radius 2 is 1.80 bits per heavy atom. The molecule has 1 aromatic heterocycles. The highest BCUT2D eigenvalue weighted by molar-refractivity contribution is 7.91. The van der Waals surface area contributed by atoms with Gasteiger partial charge >= 0.3 is 6.18 Å². The van der Waals surface area contributed by atoms with Crippen LogP contribution >= 0.6 is 11.3 Å². The molecule has 0 bridgehead atoms. The summed E-state index contributed by atoms with van der Waals surface area (Å²) in [6, 6.07) is 9.11. The number of nitriles is 1. The van der Waals surface area contributed by atoms with E-state index in [9.17, 15) is 40.4 Å². The zero-order valence-electron chi connectivity index (χ0n) is 22.0. The number of hydrogen-bond donors (Lipinski definition) is 1. The lowest BCUT2D eigenvalue weighted by molar-refractivity contribution is -0.134. The van der Waals surface area contributed by atoms with Crippen molar-refractivity contribution < 1.29 is 35.2 Å². The number of rotatable bonds is 7. The smallest absolute Gasteiger partial charge is 0.369 e. The fourth-order valence-electron chi connectivity index (χ4n) is 5.44. The lowest BCUT2D eigenvalue weighted by Crippen LogP contribution is -2.45. The van der Waals surface area contributed by atoms with Crippen molar-refractivity contribution in [2.45, 2.75) is 68.5 Å². The van der Waals surface area contributed by atoms with E-state index in [1.54, 1.807) is 24.3 Å². The van der Waals surface area contributed by atoms with Crippen LogP contribution < -0.4 is 10.2 Å². The molecule has 1 amide bonds. The Bertz CT molecular complexity index is 1430. The summed E-state index contributed by atoms with van der Waals surface area (Å²) in [5, 5.41) is 12.2. The second-order valence-corrected chi connectivity index (χ2v) is 14.5. The zero-order valence-corrected chi connectivity index (χ0v) is 23.6. The van der Waals surface area contributed by atoms with E-state index in [4.69, 9.17) is 0 Å². The molecule has 2 atom stereocenters. The van der Waals surface area contributed by atoms with E-state index in [0.717, 1.165) is 17.0 Å². The number of aromatic nitrogens is 1. The van der Waals surface area contributed by atoms with Crippen LogP contribution in [0.25, 0.3) is 10.4 Å².